The van der Waals surface area contributed by atoms with Crippen molar-refractivity contribution in [1.29, 1.82) is 0 Å². The van der Waals surface area contributed by atoms with E-state index in [-0.39, 0.29) is 16.8 Å². The molecule has 0 fully saturated rings. The molecule has 104 valence electrons. The van der Waals surface area contributed by atoms with Gasteiger partial charge in [-0.2, -0.15) is 0 Å². The summed E-state index contributed by atoms with van der Waals surface area (Å²) in [7, 11) is 0. The van der Waals surface area contributed by atoms with Crippen molar-refractivity contribution < 1.29 is 14.0 Å². The minimum Gasteiger partial charge on any atom is -0.312 e. The summed E-state index contributed by atoms with van der Waals surface area (Å²) >= 11 is 3.34. The molecule has 1 heterocycles. The Morgan fingerprint density at radius 3 is 2.52 bits per heavy atom. The fraction of sp³-hybridized carbons (Fsp3) is 0. The standard InChI is InChI=1S/C16H9BrFNO2/c17-11-7-5-10(6-8-11)9-13-15(19-21-16(13)20)12-3-1-2-4-14(12)18/h1-9H/b13-9-. The van der Waals surface area contributed by atoms with E-state index in [1.54, 1.807) is 24.3 Å². The summed E-state index contributed by atoms with van der Waals surface area (Å²) in [6.45, 7) is 0. The van der Waals surface area contributed by atoms with E-state index in [0.717, 1.165) is 10.0 Å². The highest BCUT2D eigenvalue weighted by Crippen LogP contribution is 2.23. The molecular weight excluding hydrogens is 337 g/mol. The molecule has 0 unspecified atom stereocenters. The van der Waals surface area contributed by atoms with Crippen molar-refractivity contribution in [2.75, 3.05) is 0 Å². The highest BCUT2D eigenvalue weighted by molar-refractivity contribution is 9.10. The fourth-order valence-corrected chi connectivity index (χ4v) is 2.25. The maximum Gasteiger partial charge on any atom is 0.368 e. The predicted octanol–water partition coefficient (Wildman–Crippen LogP) is 3.93. The summed E-state index contributed by atoms with van der Waals surface area (Å²) in [5, 5.41) is 3.69. The van der Waals surface area contributed by atoms with Crippen LogP contribution >= 0.6 is 15.9 Å². The van der Waals surface area contributed by atoms with E-state index < -0.39 is 11.8 Å². The van der Waals surface area contributed by atoms with E-state index >= 15 is 0 Å². The van der Waals surface area contributed by atoms with Gasteiger partial charge in [-0.05, 0) is 35.9 Å². The van der Waals surface area contributed by atoms with Crippen LogP contribution in [-0.4, -0.2) is 11.7 Å². The number of benzene rings is 2. The average Bonchev–Trinajstić information content (AvgIpc) is 2.83. The number of carbonyl (C=O) groups is 1. The summed E-state index contributed by atoms with van der Waals surface area (Å²) in [5.41, 5.74) is 1.49. The molecule has 3 nitrogen and oxygen atoms in total. The lowest BCUT2D eigenvalue weighted by Gasteiger charge is -2.02. The van der Waals surface area contributed by atoms with Crippen molar-refractivity contribution in [3.05, 3.63) is 75.5 Å². The summed E-state index contributed by atoms with van der Waals surface area (Å²) < 4.78 is 14.8. The summed E-state index contributed by atoms with van der Waals surface area (Å²) in [6, 6.07) is 13.5. The first-order chi connectivity index (χ1) is 10.1. The molecule has 5 heteroatoms. The molecule has 1 aliphatic rings. The number of rotatable bonds is 2. The monoisotopic (exact) mass is 345 g/mol. The predicted molar refractivity (Wildman–Crippen MR) is 81.1 cm³/mol. The first-order valence-electron chi connectivity index (χ1n) is 6.17. The molecule has 2 aromatic carbocycles. The maximum absolute atomic E-state index is 13.9. The van der Waals surface area contributed by atoms with E-state index in [9.17, 15) is 9.18 Å². The molecule has 3 rings (SSSR count). The second-order valence-corrected chi connectivity index (χ2v) is 5.32. The lowest BCUT2D eigenvalue weighted by molar-refractivity contribution is -0.136. The maximum atomic E-state index is 13.9. The Kier molecular flexibility index (Phi) is 3.66. The molecule has 0 aromatic heterocycles. The molecule has 21 heavy (non-hydrogen) atoms. The third-order valence-electron chi connectivity index (χ3n) is 3.00. The van der Waals surface area contributed by atoms with Gasteiger partial charge >= 0.3 is 5.97 Å². The normalized spacial score (nSPS) is 16.0. The molecule has 0 bridgehead atoms. The van der Waals surface area contributed by atoms with Crippen LogP contribution in [0.5, 0.6) is 0 Å². The number of hydrogen-bond donors (Lipinski definition) is 0. The number of nitrogens with zero attached hydrogens (tertiary/aromatic N) is 1. The lowest BCUT2D eigenvalue weighted by Crippen LogP contribution is -2.08. The smallest absolute Gasteiger partial charge is 0.312 e. The van der Waals surface area contributed by atoms with Crippen molar-refractivity contribution in [2.24, 2.45) is 5.16 Å². The topological polar surface area (TPSA) is 38.7 Å². The average molecular weight is 346 g/mol. The van der Waals surface area contributed by atoms with Crippen LogP contribution in [-0.2, 0) is 9.63 Å². The molecule has 0 spiro atoms. The Labute approximate surface area is 128 Å². The van der Waals surface area contributed by atoms with E-state index in [2.05, 4.69) is 25.9 Å². The molecule has 0 aliphatic carbocycles. The van der Waals surface area contributed by atoms with Gasteiger partial charge in [0.15, 0.2) is 0 Å². The number of halogens is 2. The van der Waals surface area contributed by atoms with Crippen LogP contribution in [0.3, 0.4) is 0 Å². The molecule has 0 amide bonds. The van der Waals surface area contributed by atoms with Gasteiger partial charge in [0, 0.05) is 10.0 Å². The number of oxime groups is 1. The van der Waals surface area contributed by atoms with Gasteiger partial charge in [0.25, 0.3) is 0 Å². The molecule has 0 atom stereocenters. The molecular formula is C16H9BrFNO2. The van der Waals surface area contributed by atoms with Crippen LogP contribution in [0, 0.1) is 5.82 Å². The molecule has 0 saturated carbocycles. The largest absolute Gasteiger partial charge is 0.368 e. The molecule has 2 aromatic rings. The van der Waals surface area contributed by atoms with E-state index in [4.69, 9.17) is 0 Å². The minimum atomic E-state index is -0.587. The van der Waals surface area contributed by atoms with Crippen molar-refractivity contribution in [3.8, 4) is 0 Å². The van der Waals surface area contributed by atoms with Gasteiger partial charge in [0.2, 0.25) is 0 Å². The summed E-state index contributed by atoms with van der Waals surface area (Å²) in [5.74, 6) is -1.03. The van der Waals surface area contributed by atoms with Gasteiger partial charge in [-0.15, -0.1) is 0 Å². The first kappa shape index (κ1) is 13.7. The van der Waals surface area contributed by atoms with Gasteiger partial charge in [-0.3, -0.25) is 0 Å². The lowest BCUT2D eigenvalue weighted by atomic mass is 10.0. The van der Waals surface area contributed by atoms with Crippen LogP contribution in [0.4, 0.5) is 4.39 Å². The molecule has 0 radical (unpaired) electrons. The fourth-order valence-electron chi connectivity index (χ4n) is 1.98. The highest BCUT2D eigenvalue weighted by atomic mass is 79.9. The Hall–Kier alpha value is -2.27. The zero-order valence-corrected chi connectivity index (χ0v) is 12.3. The van der Waals surface area contributed by atoms with Gasteiger partial charge < -0.3 is 4.84 Å². The zero-order chi connectivity index (χ0) is 14.8. The SMILES string of the molecule is O=C1ON=C(c2ccccc2F)/C1=C/c1ccc(Br)cc1. The Balaban J connectivity index is 2.04. The van der Waals surface area contributed by atoms with E-state index in [1.807, 2.05) is 24.3 Å². The van der Waals surface area contributed by atoms with Gasteiger partial charge in [-0.25, -0.2) is 9.18 Å². The van der Waals surface area contributed by atoms with Crippen LogP contribution in [0.15, 0.2) is 63.7 Å². The highest BCUT2D eigenvalue weighted by Gasteiger charge is 2.28. The third kappa shape index (κ3) is 2.78. The zero-order valence-electron chi connectivity index (χ0n) is 10.7. The van der Waals surface area contributed by atoms with Crippen molar-refractivity contribution in [2.45, 2.75) is 0 Å². The second kappa shape index (κ2) is 5.61. The molecule has 0 saturated heterocycles. The Morgan fingerprint density at radius 2 is 1.81 bits per heavy atom. The van der Waals surface area contributed by atoms with Crippen molar-refractivity contribution in [1.82, 2.24) is 0 Å². The van der Waals surface area contributed by atoms with Gasteiger partial charge in [-0.1, -0.05) is 45.4 Å². The van der Waals surface area contributed by atoms with Crippen LogP contribution in [0.25, 0.3) is 6.08 Å². The first-order valence-corrected chi connectivity index (χ1v) is 6.96. The second-order valence-electron chi connectivity index (χ2n) is 4.41. The number of hydrogen-bond acceptors (Lipinski definition) is 3. The Bertz CT molecular complexity index is 766. The van der Waals surface area contributed by atoms with Crippen LogP contribution < -0.4 is 0 Å². The molecule has 0 N–H and O–H groups in total. The Morgan fingerprint density at radius 1 is 1.10 bits per heavy atom. The summed E-state index contributed by atoms with van der Waals surface area (Å²) in [4.78, 5) is 16.5. The van der Waals surface area contributed by atoms with Gasteiger partial charge in [0.05, 0.1) is 5.57 Å². The van der Waals surface area contributed by atoms with Crippen molar-refractivity contribution in [3.63, 3.8) is 0 Å². The van der Waals surface area contributed by atoms with Crippen LogP contribution in [0.2, 0.25) is 0 Å². The van der Waals surface area contributed by atoms with Gasteiger partial charge in [0.1, 0.15) is 11.5 Å². The van der Waals surface area contributed by atoms with Crippen LogP contribution in [0.1, 0.15) is 11.1 Å². The van der Waals surface area contributed by atoms with Crippen molar-refractivity contribution >= 4 is 33.7 Å². The number of carbonyl (C=O) groups excluding carboxylic acids is 1. The minimum absolute atomic E-state index is 0.209. The third-order valence-corrected chi connectivity index (χ3v) is 3.53. The molecule has 1 aliphatic heterocycles. The summed E-state index contributed by atoms with van der Waals surface area (Å²) in [6.07, 6.45) is 1.63. The quantitative estimate of drug-likeness (QED) is 0.610. The van der Waals surface area contributed by atoms with E-state index in [0.29, 0.717) is 0 Å². The van der Waals surface area contributed by atoms with E-state index in [1.165, 1.54) is 6.07 Å².